The first-order valence-corrected chi connectivity index (χ1v) is 9.49. The zero-order valence-electron chi connectivity index (χ0n) is 17.1. The highest BCUT2D eigenvalue weighted by Crippen LogP contribution is 2.22. The minimum absolute atomic E-state index is 0.0679. The van der Waals surface area contributed by atoms with Crippen molar-refractivity contribution in [3.63, 3.8) is 0 Å². The number of hydrogen-bond acceptors (Lipinski definition) is 5. The quantitative estimate of drug-likeness (QED) is 0.502. The van der Waals surface area contributed by atoms with Crippen LogP contribution in [0, 0.1) is 20.8 Å². The minimum Gasteiger partial charge on any atom is -0.471 e. The summed E-state index contributed by atoms with van der Waals surface area (Å²) in [5, 5.41) is 10.8. The van der Waals surface area contributed by atoms with E-state index in [1.165, 1.54) is 23.1 Å². The van der Waals surface area contributed by atoms with E-state index in [1.54, 1.807) is 13.1 Å². The van der Waals surface area contributed by atoms with Gasteiger partial charge >= 0.3 is 0 Å². The molecule has 4 rings (SSSR count). The predicted octanol–water partition coefficient (Wildman–Crippen LogP) is 4.08. The maximum absolute atomic E-state index is 13.3. The van der Waals surface area contributed by atoms with Crippen molar-refractivity contribution in [3.8, 4) is 5.75 Å². The number of aryl methyl sites for hydroxylation is 3. The lowest BCUT2D eigenvalue weighted by molar-refractivity contribution is 0.102. The predicted molar refractivity (Wildman–Crippen MR) is 109 cm³/mol. The van der Waals surface area contributed by atoms with E-state index in [0.717, 1.165) is 21.4 Å². The van der Waals surface area contributed by atoms with Crippen molar-refractivity contribution >= 4 is 17.2 Å². The van der Waals surface area contributed by atoms with Gasteiger partial charge in [-0.2, -0.15) is 10.2 Å². The van der Waals surface area contributed by atoms with E-state index < -0.39 is 12.3 Å². The van der Waals surface area contributed by atoms with Crippen molar-refractivity contribution in [1.29, 1.82) is 0 Å². The number of ether oxygens (including phenoxy) is 1. The lowest BCUT2D eigenvalue weighted by atomic mass is 10.1. The third-order valence-corrected chi connectivity index (χ3v) is 4.67. The molecule has 1 aromatic carbocycles. The van der Waals surface area contributed by atoms with Crippen molar-refractivity contribution in [2.75, 3.05) is 5.32 Å². The highest BCUT2D eigenvalue weighted by molar-refractivity contribution is 6.08. The highest BCUT2D eigenvalue weighted by atomic mass is 19.3. The first-order valence-electron chi connectivity index (χ1n) is 9.49. The molecule has 31 heavy (non-hydrogen) atoms. The molecule has 0 fully saturated rings. The van der Waals surface area contributed by atoms with Gasteiger partial charge in [0.1, 0.15) is 17.0 Å². The van der Waals surface area contributed by atoms with Gasteiger partial charge in [-0.3, -0.25) is 4.79 Å². The number of hydrogen-bond donors (Lipinski definition) is 1. The number of aromatic nitrogens is 5. The van der Waals surface area contributed by atoms with E-state index in [0.29, 0.717) is 11.4 Å². The van der Waals surface area contributed by atoms with E-state index in [9.17, 15) is 13.6 Å². The molecule has 0 radical (unpaired) electrons. The van der Waals surface area contributed by atoms with E-state index >= 15 is 0 Å². The fourth-order valence-electron chi connectivity index (χ4n) is 3.22. The fourth-order valence-corrected chi connectivity index (χ4v) is 3.22. The van der Waals surface area contributed by atoms with Gasteiger partial charge in [-0.15, -0.1) is 0 Å². The molecular formula is C21H20F2N6O2. The molecule has 0 bridgehead atoms. The molecule has 0 aliphatic carbocycles. The maximum Gasteiger partial charge on any atom is 0.280 e. The summed E-state index contributed by atoms with van der Waals surface area (Å²) < 4.78 is 34.8. The molecule has 0 atom stereocenters. The summed E-state index contributed by atoms with van der Waals surface area (Å²) in [7, 11) is 0. The van der Waals surface area contributed by atoms with Gasteiger partial charge in [0.2, 0.25) is 0 Å². The second kappa shape index (κ2) is 8.13. The Morgan fingerprint density at radius 2 is 1.97 bits per heavy atom. The lowest BCUT2D eigenvalue weighted by Gasteiger charge is -2.09. The second-order valence-corrected chi connectivity index (χ2v) is 7.18. The average Bonchev–Trinajstić information content (AvgIpc) is 3.33. The van der Waals surface area contributed by atoms with Crippen molar-refractivity contribution < 1.29 is 18.3 Å². The van der Waals surface area contributed by atoms with Crippen molar-refractivity contribution in [1.82, 2.24) is 24.4 Å². The van der Waals surface area contributed by atoms with E-state index in [2.05, 4.69) is 20.5 Å². The third-order valence-electron chi connectivity index (χ3n) is 4.67. The molecule has 1 N–H and O–H groups in total. The molecule has 0 aliphatic rings. The molecule has 10 heteroatoms. The molecule has 3 aromatic heterocycles. The summed E-state index contributed by atoms with van der Waals surface area (Å²) in [5.74, 6) is 0.220. The number of nitrogens with zero attached hydrogens (tertiary/aromatic N) is 5. The van der Waals surface area contributed by atoms with Crippen molar-refractivity contribution in [2.45, 2.75) is 33.9 Å². The molecule has 0 aliphatic heterocycles. The van der Waals surface area contributed by atoms with Crippen LogP contribution >= 0.6 is 0 Å². The molecule has 160 valence electrons. The molecule has 0 saturated heterocycles. The van der Waals surface area contributed by atoms with Gasteiger partial charge in [-0.05, 0) is 38.5 Å². The van der Waals surface area contributed by atoms with Crippen molar-refractivity contribution in [2.24, 2.45) is 0 Å². The fraction of sp³-hybridized carbons (Fsp3) is 0.238. The number of amides is 1. The lowest BCUT2D eigenvalue weighted by Crippen LogP contribution is -2.12. The number of fused-ring (bicyclic) bond motifs is 1. The number of alkyl halides is 2. The first-order chi connectivity index (χ1) is 14.8. The molecule has 0 unspecified atom stereocenters. The summed E-state index contributed by atoms with van der Waals surface area (Å²) in [5.41, 5.74) is 2.79. The van der Waals surface area contributed by atoms with E-state index in [-0.39, 0.29) is 23.6 Å². The van der Waals surface area contributed by atoms with Crippen LogP contribution in [0.1, 0.15) is 39.3 Å². The molecule has 8 nitrogen and oxygen atoms in total. The highest BCUT2D eigenvalue weighted by Gasteiger charge is 2.20. The Morgan fingerprint density at radius 1 is 1.16 bits per heavy atom. The Kier molecular flexibility index (Phi) is 5.37. The Balaban J connectivity index is 1.48. The summed E-state index contributed by atoms with van der Waals surface area (Å²) >= 11 is 0. The number of benzene rings is 1. The van der Waals surface area contributed by atoms with Gasteiger partial charge in [-0.25, -0.2) is 23.0 Å². The van der Waals surface area contributed by atoms with Crippen LogP contribution in [0.5, 0.6) is 5.75 Å². The van der Waals surface area contributed by atoms with E-state index in [4.69, 9.17) is 4.74 Å². The van der Waals surface area contributed by atoms with Gasteiger partial charge in [0.25, 0.3) is 12.3 Å². The largest absolute Gasteiger partial charge is 0.471 e. The van der Waals surface area contributed by atoms with Crippen LogP contribution in [-0.2, 0) is 6.73 Å². The van der Waals surface area contributed by atoms with Crippen LogP contribution in [0.2, 0.25) is 0 Å². The minimum atomic E-state index is -2.74. The Hall–Kier alpha value is -3.82. The zero-order valence-corrected chi connectivity index (χ0v) is 17.1. The molecule has 0 spiro atoms. The topological polar surface area (TPSA) is 86.3 Å². The number of anilines is 1. The van der Waals surface area contributed by atoms with Crippen molar-refractivity contribution in [3.05, 3.63) is 70.9 Å². The van der Waals surface area contributed by atoms with Gasteiger partial charge < -0.3 is 10.1 Å². The zero-order chi connectivity index (χ0) is 22.1. The molecule has 3 heterocycles. The summed E-state index contributed by atoms with van der Waals surface area (Å²) in [4.78, 5) is 16.9. The molecule has 4 aromatic rings. The van der Waals surface area contributed by atoms with E-state index in [1.807, 2.05) is 32.0 Å². The number of carbonyl (C=O) groups excluding carboxylic acids is 1. The third kappa shape index (κ3) is 4.23. The summed E-state index contributed by atoms with van der Waals surface area (Å²) in [6.07, 6.45) is 1.56. The Labute approximate surface area is 176 Å². The van der Waals surface area contributed by atoms with Gasteiger partial charge in [0, 0.05) is 5.69 Å². The Bertz CT molecular complexity index is 1260. The smallest absolute Gasteiger partial charge is 0.280 e. The van der Waals surface area contributed by atoms with Gasteiger partial charge in [0.05, 0.1) is 24.3 Å². The van der Waals surface area contributed by atoms with Crippen LogP contribution in [0.3, 0.4) is 0 Å². The normalized spacial score (nSPS) is 11.3. The first kappa shape index (κ1) is 20.5. The number of halogens is 2. The standard InChI is InChI=1S/C21H20F2N6O2/c1-12-4-5-18(13(2)6-12)31-11-28-10-15(8-24-28)27-21(30)16-9-25-29-17(19(22)23)7-14(3)26-20(16)29/h4-10,19H,11H2,1-3H3,(H,27,30). The number of carbonyl (C=O) groups is 1. The SMILES string of the molecule is Cc1ccc(OCn2cc(NC(=O)c3cnn4c(C(F)F)cc(C)nc34)cn2)c(C)c1. The van der Waals surface area contributed by atoms with Gasteiger partial charge in [-0.1, -0.05) is 17.7 Å². The molecular weight excluding hydrogens is 406 g/mol. The van der Waals surface area contributed by atoms with Crippen LogP contribution in [0.4, 0.5) is 14.5 Å². The number of rotatable bonds is 6. The summed E-state index contributed by atoms with van der Waals surface area (Å²) in [6.45, 7) is 5.71. The Morgan fingerprint density at radius 3 is 2.71 bits per heavy atom. The van der Waals surface area contributed by atoms with Crippen LogP contribution in [0.15, 0.2) is 42.9 Å². The number of nitrogens with one attached hydrogen (secondary N) is 1. The van der Waals surface area contributed by atoms with Crippen LogP contribution < -0.4 is 10.1 Å². The van der Waals surface area contributed by atoms with Gasteiger partial charge in [0.15, 0.2) is 12.4 Å². The van der Waals surface area contributed by atoms with Crippen LogP contribution in [-0.4, -0.2) is 30.3 Å². The molecule has 1 amide bonds. The monoisotopic (exact) mass is 426 g/mol. The summed E-state index contributed by atoms with van der Waals surface area (Å²) in [6, 6.07) is 7.12. The second-order valence-electron chi connectivity index (χ2n) is 7.18. The molecule has 0 saturated carbocycles. The maximum atomic E-state index is 13.3. The average molecular weight is 426 g/mol. The van der Waals surface area contributed by atoms with Crippen LogP contribution in [0.25, 0.3) is 5.65 Å².